The highest BCUT2D eigenvalue weighted by atomic mass is 35.5. The Hall–Kier alpha value is -1.20. The quantitative estimate of drug-likeness (QED) is 0.442. The largest absolute Gasteiger partial charge is 0.378 e. The van der Waals surface area contributed by atoms with E-state index in [0.29, 0.717) is 6.10 Å². The molecule has 1 saturated carbocycles. The highest BCUT2D eigenvalue weighted by Gasteiger charge is 2.14. The van der Waals surface area contributed by atoms with Crippen LogP contribution in [0.1, 0.15) is 44.7 Å². The molecule has 5 nitrogen and oxygen atoms in total. The Morgan fingerprint density at radius 1 is 1.46 bits per heavy atom. The predicted octanol–water partition coefficient (Wildman–Crippen LogP) is 3.43. The van der Waals surface area contributed by atoms with E-state index in [2.05, 4.69) is 28.8 Å². The van der Waals surface area contributed by atoms with Crippen LogP contribution in [0.5, 0.6) is 0 Å². The number of guanidine groups is 1. The van der Waals surface area contributed by atoms with Gasteiger partial charge in [0.25, 0.3) is 0 Å². The maximum absolute atomic E-state index is 6.06. The number of nitrogens with one attached hydrogen (secondary N) is 1. The average molecular weight is 355 g/mol. The maximum atomic E-state index is 6.06. The molecular weight excluding hydrogens is 324 g/mol. The molecule has 0 amide bonds. The van der Waals surface area contributed by atoms with E-state index in [-0.39, 0.29) is 0 Å². The summed E-state index contributed by atoms with van der Waals surface area (Å²) in [4.78, 5) is 6.85. The van der Waals surface area contributed by atoms with Crippen LogP contribution in [-0.4, -0.2) is 48.3 Å². The van der Waals surface area contributed by atoms with Crippen molar-refractivity contribution in [3.8, 4) is 0 Å². The fourth-order valence-corrected chi connectivity index (χ4v) is 3.34. The molecule has 6 heteroatoms. The summed E-state index contributed by atoms with van der Waals surface area (Å²) in [6.07, 6.45) is 8.49. The molecule has 1 aliphatic carbocycles. The standard InChI is InChI=1S/C18H31ClN4O/c1-4-20-18(21-10-7-11-24-17-8-5-6-9-17)23(3)14-16-12-15(19)13-22(16)2/h12-13,17H,4-11,14H2,1-3H3,(H,20,21). The lowest BCUT2D eigenvalue weighted by molar-refractivity contribution is 0.0579. The molecule has 0 radical (unpaired) electrons. The third kappa shape index (κ3) is 6.02. The molecular formula is C18H31ClN4O. The van der Waals surface area contributed by atoms with Crippen LogP contribution in [0.25, 0.3) is 0 Å². The van der Waals surface area contributed by atoms with E-state index < -0.39 is 0 Å². The zero-order chi connectivity index (χ0) is 17.4. The molecule has 0 spiro atoms. The summed E-state index contributed by atoms with van der Waals surface area (Å²) in [6.45, 7) is 5.31. The molecule has 136 valence electrons. The third-order valence-corrected chi connectivity index (χ3v) is 4.60. The minimum absolute atomic E-state index is 0.493. The Morgan fingerprint density at radius 2 is 2.21 bits per heavy atom. The van der Waals surface area contributed by atoms with Crippen LogP contribution in [0.4, 0.5) is 0 Å². The molecule has 1 N–H and O–H groups in total. The summed E-state index contributed by atoms with van der Waals surface area (Å²) in [5, 5.41) is 4.12. The molecule has 0 aliphatic heterocycles. The van der Waals surface area contributed by atoms with Crippen LogP contribution in [0.2, 0.25) is 5.02 Å². The van der Waals surface area contributed by atoms with Gasteiger partial charge >= 0.3 is 0 Å². The van der Waals surface area contributed by atoms with Crippen molar-refractivity contribution in [3.05, 3.63) is 23.0 Å². The van der Waals surface area contributed by atoms with Crippen LogP contribution in [0.3, 0.4) is 0 Å². The van der Waals surface area contributed by atoms with Crippen molar-refractivity contribution < 1.29 is 4.74 Å². The Morgan fingerprint density at radius 3 is 2.83 bits per heavy atom. The number of hydrogen-bond donors (Lipinski definition) is 1. The van der Waals surface area contributed by atoms with Gasteiger partial charge in [0.15, 0.2) is 5.96 Å². The minimum atomic E-state index is 0.493. The summed E-state index contributed by atoms with van der Waals surface area (Å²) >= 11 is 6.06. The van der Waals surface area contributed by atoms with Crippen LogP contribution >= 0.6 is 11.6 Å². The van der Waals surface area contributed by atoms with Crippen LogP contribution < -0.4 is 5.32 Å². The second-order valence-electron chi connectivity index (χ2n) is 6.48. The molecule has 0 atom stereocenters. The Labute approximate surface area is 151 Å². The summed E-state index contributed by atoms with van der Waals surface area (Å²) in [5.41, 5.74) is 1.16. The van der Waals surface area contributed by atoms with Gasteiger partial charge in [-0.25, -0.2) is 0 Å². The van der Waals surface area contributed by atoms with Crippen molar-refractivity contribution in [1.29, 1.82) is 0 Å². The number of aryl methyl sites for hydroxylation is 1. The smallest absolute Gasteiger partial charge is 0.194 e. The van der Waals surface area contributed by atoms with Crippen molar-refractivity contribution in [2.45, 2.75) is 51.7 Å². The zero-order valence-corrected chi connectivity index (χ0v) is 16.0. The Balaban J connectivity index is 1.79. The molecule has 0 aromatic carbocycles. The number of ether oxygens (including phenoxy) is 1. The van der Waals surface area contributed by atoms with Crippen LogP contribution in [0, 0.1) is 0 Å². The summed E-state index contributed by atoms with van der Waals surface area (Å²) < 4.78 is 7.95. The van der Waals surface area contributed by atoms with Gasteiger partial charge in [-0.1, -0.05) is 24.4 Å². The van der Waals surface area contributed by atoms with Gasteiger partial charge in [0, 0.05) is 45.7 Å². The lowest BCUT2D eigenvalue weighted by atomic mass is 10.3. The summed E-state index contributed by atoms with van der Waals surface area (Å²) in [5.74, 6) is 0.927. The van der Waals surface area contributed by atoms with E-state index in [4.69, 9.17) is 21.3 Å². The number of rotatable bonds is 8. The first-order valence-electron chi connectivity index (χ1n) is 9.02. The predicted molar refractivity (Wildman–Crippen MR) is 101 cm³/mol. The third-order valence-electron chi connectivity index (χ3n) is 4.39. The van der Waals surface area contributed by atoms with Crippen molar-refractivity contribution in [2.24, 2.45) is 12.0 Å². The molecule has 24 heavy (non-hydrogen) atoms. The average Bonchev–Trinajstić information content (AvgIpc) is 3.16. The normalized spacial score (nSPS) is 15.9. The van der Waals surface area contributed by atoms with Gasteiger partial charge in [-0.2, -0.15) is 0 Å². The topological polar surface area (TPSA) is 41.8 Å². The number of nitrogens with zero attached hydrogens (tertiary/aromatic N) is 3. The van der Waals surface area contributed by atoms with E-state index in [9.17, 15) is 0 Å². The highest BCUT2D eigenvalue weighted by molar-refractivity contribution is 6.30. The second-order valence-corrected chi connectivity index (χ2v) is 6.92. The monoisotopic (exact) mass is 354 g/mol. The molecule has 1 fully saturated rings. The first-order chi connectivity index (χ1) is 11.6. The van der Waals surface area contributed by atoms with Crippen LogP contribution in [-0.2, 0) is 18.3 Å². The summed E-state index contributed by atoms with van der Waals surface area (Å²) in [6, 6.07) is 2.00. The fraction of sp³-hybridized carbons (Fsp3) is 0.722. The van der Waals surface area contributed by atoms with E-state index in [1.165, 1.54) is 25.7 Å². The van der Waals surface area contributed by atoms with Crippen LogP contribution in [0.15, 0.2) is 17.3 Å². The molecule has 0 saturated heterocycles. The molecule has 2 rings (SSSR count). The fourth-order valence-electron chi connectivity index (χ4n) is 3.07. The minimum Gasteiger partial charge on any atom is -0.378 e. The number of aliphatic imine (C=N–C) groups is 1. The molecule has 1 aromatic heterocycles. The zero-order valence-electron chi connectivity index (χ0n) is 15.2. The number of halogens is 1. The number of hydrogen-bond acceptors (Lipinski definition) is 2. The van der Waals surface area contributed by atoms with Gasteiger partial charge < -0.3 is 19.5 Å². The van der Waals surface area contributed by atoms with Gasteiger partial charge in [-0.15, -0.1) is 0 Å². The lowest BCUT2D eigenvalue weighted by Crippen LogP contribution is -2.39. The van der Waals surface area contributed by atoms with Gasteiger partial charge in [0.2, 0.25) is 0 Å². The van der Waals surface area contributed by atoms with Crippen molar-refractivity contribution >= 4 is 17.6 Å². The van der Waals surface area contributed by atoms with Crippen molar-refractivity contribution in [1.82, 2.24) is 14.8 Å². The van der Waals surface area contributed by atoms with Crippen molar-refractivity contribution in [2.75, 3.05) is 26.7 Å². The molecule has 1 aromatic rings. The molecule has 1 heterocycles. The van der Waals surface area contributed by atoms with E-state index in [1.807, 2.05) is 19.3 Å². The Bertz CT molecular complexity index is 523. The number of aromatic nitrogens is 1. The lowest BCUT2D eigenvalue weighted by Gasteiger charge is -2.22. The van der Waals surface area contributed by atoms with Gasteiger partial charge in [-0.3, -0.25) is 4.99 Å². The SMILES string of the molecule is CCNC(=NCCCOC1CCCC1)N(C)Cc1cc(Cl)cn1C. The van der Waals surface area contributed by atoms with E-state index >= 15 is 0 Å². The molecule has 0 bridgehead atoms. The first-order valence-corrected chi connectivity index (χ1v) is 9.39. The molecule has 1 aliphatic rings. The summed E-state index contributed by atoms with van der Waals surface area (Å²) in [7, 11) is 4.07. The van der Waals surface area contributed by atoms with Gasteiger partial charge in [0.1, 0.15) is 0 Å². The molecule has 0 unspecified atom stereocenters. The Kier molecular flexibility index (Phi) is 7.92. The maximum Gasteiger partial charge on any atom is 0.194 e. The van der Waals surface area contributed by atoms with Crippen molar-refractivity contribution in [3.63, 3.8) is 0 Å². The van der Waals surface area contributed by atoms with E-state index in [0.717, 1.165) is 49.3 Å². The van der Waals surface area contributed by atoms with Gasteiger partial charge in [-0.05, 0) is 32.3 Å². The highest BCUT2D eigenvalue weighted by Crippen LogP contribution is 2.20. The van der Waals surface area contributed by atoms with E-state index in [1.54, 1.807) is 0 Å². The second kappa shape index (κ2) is 9.94. The van der Waals surface area contributed by atoms with Gasteiger partial charge in [0.05, 0.1) is 17.7 Å². The first kappa shape index (κ1) is 19.1.